The number of benzene rings is 2. The normalized spacial score (nSPS) is 10.3. The lowest BCUT2D eigenvalue weighted by atomic mass is 10.1. The minimum absolute atomic E-state index is 0.0244. The van der Waals surface area contributed by atoms with E-state index in [1.807, 2.05) is 6.92 Å². The van der Waals surface area contributed by atoms with Gasteiger partial charge in [0.05, 0.1) is 4.92 Å². The second-order valence-corrected chi connectivity index (χ2v) is 5.85. The molecule has 0 bridgehead atoms. The quantitative estimate of drug-likeness (QED) is 0.462. The molecule has 0 aromatic heterocycles. The van der Waals surface area contributed by atoms with Gasteiger partial charge in [-0.2, -0.15) is 0 Å². The van der Waals surface area contributed by atoms with Crippen LogP contribution in [0.3, 0.4) is 0 Å². The van der Waals surface area contributed by atoms with Crippen molar-refractivity contribution < 1.29 is 19.2 Å². The standard InChI is InChI=1S/C19H20N2O5/c1-4-18(22)14-5-7-15(8-6-14)26-11-19(23)20-16-9-12(2)13(3)10-17(16)21(24)25/h5-10H,4,11H2,1-3H3,(H,20,23). The SMILES string of the molecule is CCC(=O)c1ccc(OCC(=O)Nc2cc(C)c(C)cc2[N+](=O)[O-])cc1. The number of Topliss-reactive ketones (excluding diaryl/α,β-unsaturated/α-hetero) is 1. The monoisotopic (exact) mass is 356 g/mol. The number of carbonyl (C=O) groups is 2. The fourth-order valence-electron chi connectivity index (χ4n) is 2.33. The number of nitrogens with zero attached hydrogens (tertiary/aromatic N) is 1. The number of hydrogen-bond donors (Lipinski definition) is 1. The number of nitrogens with one attached hydrogen (secondary N) is 1. The minimum atomic E-state index is -0.535. The molecule has 2 aromatic rings. The van der Waals surface area contributed by atoms with Crippen LogP contribution in [0.15, 0.2) is 36.4 Å². The Labute approximate surface area is 151 Å². The zero-order valence-corrected chi connectivity index (χ0v) is 14.9. The van der Waals surface area contributed by atoms with Crippen LogP contribution in [0, 0.1) is 24.0 Å². The van der Waals surface area contributed by atoms with Crippen LogP contribution in [-0.2, 0) is 4.79 Å². The Hall–Kier alpha value is -3.22. The molecule has 0 saturated heterocycles. The molecule has 1 amide bonds. The maximum Gasteiger partial charge on any atom is 0.293 e. The molecule has 0 heterocycles. The lowest BCUT2D eigenvalue weighted by Gasteiger charge is -2.10. The highest BCUT2D eigenvalue weighted by molar-refractivity contribution is 5.96. The van der Waals surface area contributed by atoms with Crippen molar-refractivity contribution in [3.8, 4) is 5.75 Å². The zero-order valence-electron chi connectivity index (χ0n) is 14.9. The van der Waals surface area contributed by atoms with Crippen molar-refractivity contribution in [3.63, 3.8) is 0 Å². The van der Waals surface area contributed by atoms with Crippen molar-refractivity contribution in [2.45, 2.75) is 27.2 Å². The third-order valence-corrected chi connectivity index (χ3v) is 3.95. The molecule has 1 N–H and O–H groups in total. The molecule has 0 saturated carbocycles. The van der Waals surface area contributed by atoms with Crippen LogP contribution in [-0.4, -0.2) is 23.2 Å². The molecule has 0 spiro atoms. The number of rotatable bonds is 7. The van der Waals surface area contributed by atoms with Gasteiger partial charge < -0.3 is 10.1 Å². The Morgan fingerprint density at radius 1 is 1.12 bits per heavy atom. The molecule has 2 rings (SSSR count). The van der Waals surface area contributed by atoms with Crippen molar-refractivity contribution in [2.24, 2.45) is 0 Å². The van der Waals surface area contributed by atoms with Crippen LogP contribution in [0.1, 0.15) is 34.8 Å². The number of anilines is 1. The number of nitro groups is 1. The zero-order chi connectivity index (χ0) is 19.3. The average molecular weight is 356 g/mol. The lowest BCUT2D eigenvalue weighted by molar-refractivity contribution is -0.384. The van der Waals surface area contributed by atoms with Crippen LogP contribution in [0.4, 0.5) is 11.4 Å². The van der Waals surface area contributed by atoms with Gasteiger partial charge in [-0.1, -0.05) is 6.92 Å². The number of ketones is 1. The van der Waals surface area contributed by atoms with Crippen LogP contribution in [0.2, 0.25) is 0 Å². The van der Waals surface area contributed by atoms with E-state index in [1.54, 1.807) is 44.2 Å². The third-order valence-electron chi connectivity index (χ3n) is 3.95. The van der Waals surface area contributed by atoms with Gasteiger partial charge in [0.1, 0.15) is 11.4 Å². The Morgan fingerprint density at radius 2 is 1.73 bits per heavy atom. The molecule has 0 radical (unpaired) electrons. The van der Waals surface area contributed by atoms with Crippen molar-refractivity contribution in [3.05, 3.63) is 63.2 Å². The van der Waals surface area contributed by atoms with E-state index in [-0.39, 0.29) is 23.8 Å². The Bertz CT molecular complexity index is 844. The van der Waals surface area contributed by atoms with Crippen LogP contribution < -0.4 is 10.1 Å². The Morgan fingerprint density at radius 3 is 2.31 bits per heavy atom. The highest BCUT2D eigenvalue weighted by Gasteiger charge is 2.17. The van der Waals surface area contributed by atoms with E-state index in [1.165, 1.54) is 6.07 Å². The number of aryl methyl sites for hydroxylation is 2. The summed E-state index contributed by atoms with van der Waals surface area (Å²) in [6.45, 7) is 5.06. The maximum atomic E-state index is 12.1. The van der Waals surface area contributed by atoms with Gasteiger partial charge in [0, 0.05) is 18.1 Å². The molecule has 136 valence electrons. The molecule has 26 heavy (non-hydrogen) atoms. The van der Waals surface area contributed by atoms with Crippen LogP contribution in [0.25, 0.3) is 0 Å². The van der Waals surface area contributed by atoms with Crippen LogP contribution in [0.5, 0.6) is 5.75 Å². The Balaban J connectivity index is 2.02. The van der Waals surface area contributed by atoms with Gasteiger partial charge in [-0.3, -0.25) is 19.7 Å². The number of nitro benzene ring substituents is 1. The summed E-state index contributed by atoms with van der Waals surface area (Å²) in [6.07, 6.45) is 0.414. The average Bonchev–Trinajstić information content (AvgIpc) is 2.62. The van der Waals surface area contributed by atoms with Gasteiger partial charge in [0.15, 0.2) is 12.4 Å². The molecule has 7 nitrogen and oxygen atoms in total. The largest absolute Gasteiger partial charge is 0.484 e. The minimum Gasteiger partial charge on any atom is -0.484 e. The summed E-state index contributed by atoms with van der Waals surface area (Å²) in [5, 5.41) is 13.7. The van der Waals surface area contributed by atoms with Gasteiger partial charge in [-0.25, -0.2) is 0 Å². The smallest absolute Gasteiger partial charge is 0.293 e. The second-order valence-electron chi connectivity index (χ2n) is 5.85. The number of carbonyl (C=O) groups excluding carboxylic acids is 2. The predicted octanol–water partition coefficient (Wildman–Crippen LogP) is 3.82. The van der Waals surface area contributed by atoms with Gasteiger partial charge in [-0.15, -0.1) is 0 Å². The van der Waals surface area contributed by atoms with Gasteiger partial charge in [-0.05, 0) is 55.3 Å². The summed E-state index contributed by atoms with van der Waals surface area (Å²) in [5.41, 5.74) is 2.16. The summed E-state index contributed by atoms with van der Waals surface area (Å²) in [6, 6.07) is 9.47. The van der Waals surface area contributed by atoms with Crippen LogP contribution >= 0.6 is 0 Å². The highest BCUT2D eigenvalue weighted by atomic mass is 16.6. The first-order valence-electron chi connectivity index (χ1n) is 8.13. The van der Waals surface area contributed by atoms with Crippen molar-refractivity contribution >= 4 is 23.1 Å². The Kier molecular flexibility index (Phi) is 6.06. The molecule has 0 aliphatic rings. The fourth-order valence-corrected chi connectivity index (χ4v) is 2.33. The molecule has 2 aromatic carbocycles. The van der Waals surface area contributed by atoms with E-state index < -0.39 is 10.8 Å². The first kappa shape index (κ1) is 19.1. The van der Waals surface area contributed by atoms with E-state index in [2.05, 4.69) is 5.32 Å². The first-order valence-corrected chi connectivity index (χ1v) is 8.13. The van der Waals surface area contributed by atoms with E-state index in [0.717, 1.165) is 11.1 Å². The molecular formula is C19H20N2O5. The summed E-state index contributed by atoms with van der Waals surface area (Å²) in [4.78, 5) is 34.3. The topological polar surface area (TPSA) is 98.5 Å². The molecule has 0 aliphatic carbocycles. The maximum absolute atomic E-state index is 12.1. The molecule has 0 aliphatic heterocycles. The molecule has 0 fully saturated rings. The molecule has 7 heteroatoms. The predicted molar refractivity (Wildman–Crippen MR) is 97.8 cm³/mol. The van der Waals surface area contributed by atoms with Crippen molar-refractivity contribution in [1.82, 2.24) is 0 Å². The summed E-state index contributed by atoms with van der Waals surface area (Å²) < 4.78 is 5.37. The lowest BCUT2D eigenvalue weighted by Crippen LogP contribution is -2.21. The second kappa shape index (κ2) is 8.24. The van der Waals surface area contributed by atoms with E-state index in [9.17, 15) is 19.7 Å². The first-order chi connectivity index (χ1) is 12.3. The highest BCUT2D eigenvalue weighted by Crippen LogP contribution is 2.27. The fraction of sp³-hybridized carbons (Fsp3) is 0.263. The number of hydrogen-bond acceptors (Lipinski definition) is 5. The van der Waals surface area contributed by atoms with Crippen molar-refractivity contribution in [1.29, 1.82) is 0 Å². The van der Waals surface area contributed by atoms with E-state index in [4.69, 9.17) is 4.74 Å². The molecule has 0 atom stereocenters. The molecule has 0 unspecified atom stereocenters. The number of amides is 1. The number of ether oxygens (including phenoxy) is 1. The van der Waals surface area contributed by atoms with E-state index in [0.29, 0.717) is 17.7 Å². The van der Waals surface area contributed by atoms with Gasteiger partial charge in [0.25, 0.3) is 11.6 Å². The third kappa shape index (κ3) is 4.66. The molecular weight excluding hydrogens is 336 g/mol. The summed E-state index contributed by atoms with van der Waals surface area (Å²) in [7, 11) is 0. The summed E-state index contributed by atoms with van der Waals surface area (Å²) in [5.74, 6) is -0.0520. The van der Waals surface area contributed by atoms with Crippen molar-refractivity contribution in [2.75, 3.05) is 11.9 Å². The summed E-state index contributed by atoms with van der Waals surface area (Å²) >= 11 is 0. The van der Waals surface area contributed by atoms with Gasteiger partial charge in [0.2, 0.25) is 0 Å². The van der Waals surface area contributed by atoms with Gasteiger partial charge >= 0.3 is 0 Å². The van der Waals surface area contributed by atoms with E-state index >= 15 is 0 Å².